The van der Waals surface area contributed by atoms with E-state index in [0.29, 0.717) is 0 Å². The number of halogens is 6. The van der Waals surface area contributed by atoms with E-state index < -0.39 is 29.3 Å². The summed E-state index contributed by atoms with van der Waals surface area (Å²) in [5.74, 6) is 0.160. The largest absolute Gasteiger partial charge is 0.433 e. The van der Waals surface area contributed by atoms with Gasteiger partial charge >= 0.3 is 12.4 Å². The molecule has 3 rings (SSSR count). The standard InChI is InChI=1S/C20H18F6N6/c1-18(2,3)32-16-10-15(28-11-7-8-27-14(9-11)20(24,25)26)30-17(31-16)12-5-4-6-13(29-12)19(21,22)23/h4-10H,1-3H3,(H2,27,28,30,31,32). The Morgan fingerprint density at radius 3 is 2.03 bits per heavy atom. The molecule has 0 bridgehead atoms. The number of nitrogens with zero attached hydrogens (tertiary/aromatic N) is 4. The van der Waals surface area contributed by atoms with E-state index >= 15 is 0 Å². The van der Waals surface area contributed by atoms with Gasteiger partial charge in [-0.2, -0.15) is 26.3 Å². The van der Waals surface area contributed by atoms with Gasteiger partial charge in [0.25, 0.3) is 0 Å². The molecule has 6 nitrogen and oxygen atoms in total. The monoisotopic (exact) mass is 456 g/mol. The highest BCUT2D eigenvalue weighted by molar-refractivity contribution is 5.64. The van der Waals surface area contributed by atoms with Crippen LogP contribution in [0.5, 0.6) is 0 Å². The van der Waals surface area contributed by atoms with Gasteiger partial charge in [-0.1, -0.05) is 6.07 Å². The van der Waals surface area contributed by atoms with Crippen LogP contribution >= 0.6 is 0 Å². The Kier molecular flexibility index (Phi) is 5.98. The van der Waals surface area contributed by atoms with Crippen LogP contribution in [0.2, 0.25) is 0 Å². The molecule has 0 saturated carbocycles. The summed E-state index contributed by atoms with van der Waals surface area (Å²) in [5, 5.41) is 5.78. The first kappa shape index (κ1) is 23.2. The van der Waals surface area contributed by atoms with Crippen molar-refractivity contribution in [1.29, 1.82) is 0 Å². The molecule has 0 aliphatic carbocycles. The van der Waals surface area contributed by atoms with Crippen molar-refractivity contribution in [1.82, 2.24) is 19.9 Å². The molecule has 2 N–H and O–H groups in total. The highest BCUT2D eigenvalue weighted by Crippen LogP contribution is 2.31. The third-order valence-corrected chi connectivity index (χ3v) is 3.82. The molecule has 32 heavy (non-hydrogen) atoms. The van der Waals surface area contributed by atoms with Crippen molar-refractivity contribution < 1.29 is 26.3 Å². The lowest BCUT2D eigenvalue weighted by molar-refractivity contribution is -0.141. The Morgan fingerprint density at radius 1 is 0.750 bits per heavy atom. The summed E-state index contributed by atoms with van der Waals surface area (Å²) in [6.45, 7) is 5.51. The molecular formula is C20H18F6N6. The van der Waals surface area contributed by atoms with E-state index in [1.54, 1.807) is 0 Å². The third kappa shape index (κ3) is 6.05. The Hall–Kier alpha value is -3.44. The minimum atomic E-state index is -4.66. The molecule has 3 aromatic rings. The van der Waals surface area contributed by atoms with Crippen molar-refractivity contribution >= 4 is 17.3 Å². The van der Waals surface area contributed by atoms with Gasteiger partial charge in [0.1, 0.15) is 28.7 Å². The number of rotatable bonds is 4. The molecule has 0 saturated heterocycles. The van der Waals surface area contributed by atoms with E-state index in [2.05, 4.69) is 30.6 Å². The van der Waals surface area contributed by atoms with Crippen molar-refractivity contribution in [2.24, 2.45) is 0 Å². The molecule has 0 radical (unpaired) electrons. The molecule has 0 spiro atoms. The van der Waals surface area contributed by atoms with Gasteiger partial charge in [-0.25, -0.2) is 15.0 Å². The molecule has 12 heteroatoms. The first-order chi connectivity index (χ1) is 14.7. The Labute approximate surface area is 179 Å². The van der Waals surface area contributed by atoms with Crippen molar-refractivity contribution in [3.05, 3.63) is 54.0 Å². The fraction of sp³-hybridized carbons (Fsp3) is 0.300. The summed E-state index contributed by atoms with van der Waals surface area (Å²) in [7, 11) is 0. The summed E-state index contributed by atoms with van der Waals surface area (Å²) >= 11 is 0. The van der Waals surface area contributed by atoms with E-state index in [4.69, 9.17) is 0 Å². The molecule has 0 aliphatic heterocycles. The number of hydrogen-bond acceptors (Lipinski definition) is 6. The first-order valence-corrected chi connectivity index (χ1v) is 9.23. The van der Waals surface area contributed by atoms with Crippen LogP contribution in [0.3, 0.4) is 0 Å². The maximum atomic E-state index is 13.1. The zero-order valence-corrected chi connectivity index (χ0v) is 17.1. The minimum absolute atomic E-state index is 0.0377. The highest BCUT2D eigenvalue weighted by Gasteiger charge is 2.33. The molecule has 0 aliphatic rings. The predicted molar refractivity (Wildman–Crippen MR) is 106 cm³/mol. The van der Waals surface area contributed by atoms with Crippen molar-refractivity contribution in [2.75, 3.05) is 10.6 Å². The lowest BCUT2D eigenvalue weighted by Crippen LogP contribution is -2.27. The maximum absolute atomic E-state index is 13.1. The normalized spacial score (nSPS) is 12.5. The number of hydrogen-bond donors (Lipinski definition) is 2. The number of anilines is 3. The number of nitrogens with one attached hydrogen (secondary N) is 2. The topological polar surface area (TPSA) is 75.6 Å². The molecule has 3 aromatic heterocycles. The molecule has 0 atom stereocenters. The van der Waals surface area contributed by atoms with Crippen LogP contribution in [0.4, 0.5) is 43.7 Å². The molecule has 3 heterocycles. The maximum Gasteiger partial charge on any atom is 0.433 e. The van der Waals surface area contributed by atoms with Gasteiger partial charge < -0.3 is 10.6 Å². The number of aromatic nitrogens is 4. The zero-order valence-electron chi connectivity index (χ0n) is 17.1. The van der Waals surface area contributed by atoms with Crippen LogP contribution in [-0.4, -0.2) is 25.5 Å². The van der Waals surface area contributed by atoms with Crippen LogP contribution in [0.15, 0.2) is 42.6 Å². The summed E-state index contributed by atoms with van der Waals surface area (Å²) in [6.07, 6.45) is -8.32. The predicted octanol–water partition coefficient (Wildman–Crippen LogP) is 5.93. The van der Waals surface area contributed by atoms with E-state index in [0.717, 1.165) is 18.3 Å². The minimum Gasteiger partial charge on any atom is -0.365 e. The first-order valence-electron chi connectivity index (χ1n) is 9.23. The molecule has 170 valence electrons. The van der Waals surface area contributed by atoms with Crippen LogP contribution in [0.1, 0.15) is 32.2 Å². The molecule has 0 fully saturated rings. The third-order valence-electron chi connectivity index (χ3n) is 3.82. The molecule has 0 unspecified atom stereocenters. The van der Waals surface area contributed by atoms with E-state index in [1.165, 1.54) is 24.3 Å². The Morgan fingerprint density at radius 2 is 1.41 bits per heavy atom. The van der Waals surface area contributed by atoms with Gasteiger partial charge in [-0.05, 0) is 45.0 Å². The summed E-state index contributed by atoms with van der Waals surface area (Å²) in [4.78, 5) is 15.2. The lowest BCUT2D eigenvalue weighted by atomic mass is 10.1. The average Bonchev–Trinajstić information content (AvgIpc) is 2.65. The fourth-order valence-corrected chi connectivity index (χ4v) is 2.60. The molecule has 0 amide bonds. The summed E-state index contributed by atoms with van der Waals surface area (Å²) in [6, 6.07) is 6.82. The Balaban J connectivity index is 2.05. The van der Waals surface area contributed by atoms with E-state index in [9.17, 15) is 26.3 Å². The van der Waals surface area contributed by atoms with Gasteiger partial charge in [0, 0.05) is 23.5 Å². The summed E-state index contributed by atoms with van der Waals surface area (Å²) < 4.78 is 78.0. The number of alkyl halides is 6. The van der Waals surface area contributed by atoms with Crippen molar-refractivity contribution in [2.45, 2.75) is 38.7 Å². The molecular weight excluding hydrogens is 438 g/mol. The van der Waals surface area contributed by atoms with Crippen LogP contribution in [0, 0.1) is 0 Å². The van der Waals surface area contributed by atoms with Gasteiger partial charge in [0.15, 0.2) is 5.82 Å². The highest BCUT2D eigenvalue weighted by atomic mass is 19.4. The van der Waals surface area contributed by atoms with Crippen LogP contribution in [0.25, 0.3) is 11.5 Å². The van der Waals surface area contributed by atoms with Gasteiger partial charge in [-0.3, -0.25) is 4.98 Å². The van der Waals surface area contributed by atoms with E-state index in [1.807, 2.05) is 20.8 Å². The smallest absolute Gasteiger partial charge is 0.365 e. The van der Waals surface area contributed by atoms with Gasteiger partial charge in [-0.15, -0.1) is 0 Å². The average molecular weight is 456 g/mol. The SMILES string of the molecule is CC(C)(C)Nc1cc(Nc2ccnc(C(F)(F)F)c2)nc(-c2cccc(C(F)(F)F)n2)n1. The van der Waals surface area contributed by atoms with E-state index in [-0.39, 0.29) is 28.8 Å². The van der Waals surface area contributed by atoms with Crippen molar-refractivity contribution in [3.63, 3.8) is 0 Å². The fourth-order valence-electron chi connectivity index (χ4n) is 2.60. The second-order valence-electron chi connectivity index (χ2n) is 7.80. The quantitative estimate of drug-likeness (QED) is 0.475. The second kappa shape index (κ2) is 8.24. The molecule has 0 aromatic carbocycles. The zero-order chi connectivity index (χ0) is 23.7. The van der Waals surface area contributed by atoms with Crippen molar-refractivity contribution in [3.8, 4) is 11.5 Å². The second-order valence-corrected chi connectivity index (χ2v) is 7.80. The van der Waals surface area contributed by atoms with Crippen LogP contribution in [-0.2, 0) is 12.4 Å². The Bertz CT molecular complexity index is 1100. The summed E-state index contributed by atoms with van der Waals surface area (Å²) in [5.41, 5.74) is -2.80. The lowest BCUT2D eigenvalue weighted by Gasteiger charge is -2.22. The van der Waals surface area contributed by atoms with Gasteiger partial charge in [0.05, 0.1) is 0 Å². The van der Waals surface area contributed by atoms with Crippen LogP contribution < -0.4 is 10.6 Å². The number of pyridine rings is 2. The van der Waals surface area contributed by atoms with Gasteiger partial charge in [0.2, 0.25) is 0 Å².